The lowest BCUT2D eigenvalue weighted by Gasteiger charge is -2.26. The zero-order chi connectivity index (χ0) is 15.3. The number of halogens is 1. The lowest BCUT2D eigenvalue weighted by atomic mass is 10.2. The summed E-state index contributed by atoms with van der Waals surface area (Å²) >= 11 is 3.44. The molecule has 0 amide bonds. The number of nitrogens with one attached hydrogen (secondary N) is 1. The number of ketones is 1. The van der Waals surface area contributed by atoms with Gasteiger partial charge >= 0.3 is 5.97 Å². The van der Waals surface area contributed by atoms with Crippen LogP contribution in [0.2, 0.25) is 0 Å². The van der Waals surface area contributed by atoms with E-state index in [1.807, 2.05) is 25.1 Å². The number of ether oxygens (including phenoxy) is 1. The average molecular weight is 343 g/mol. The molecule has 1 aromatic carbocycles. The summed E-state index contributed by atoms with van der Waals surface area (Å²) in [6.45, 7) is 5.26. The van der Waals surface area contributed by atoms with E-state index in [0.29, 0.717) is 0 Å². The molecule has 0 spiro atoms. The summed E-state index contributed by atoms with van der Waals surface area (Å²) < 4.78 is 5.88. The van der Waals surface area contributed by atoms with Gasteiger partial charge in [-0.05, 0) is 38.5 Å². The first-order valence-corrected chi connectivity index (χ1v) is 7.09. The molecule has 0 bridgehead atoms. The van der Waals surface area contributed by atoms with E-state index in [-0.39, 0.29) is 12.4 Å². The van der Waals surface area contributed by atoms with Crippen molar-refractivity contribution >= 4 is 33.4 Å². The van der Waals surface area contributed by atoms with Crippen LogP contribution in [0.3, 0.4) is 0 Å². The molecule has 20 heavy (non-hydrogen) atoms. The molecule has 0 heterocycles. The molecule has 0 saturated carbocycles. The number of nitrogens with zero attached hydrogens (tertiary/aromatic N) is 1. The molecule has 0 aliphatic rings. The van der Waals surface area contributed by atoms with Gasteiger partial charge in [-0.1, -0.05) is 22.0 Å². The molecule has 6 heteroatoms. The number of benzene rings is 1. The molecule has 5 nitrogen and oxygen atoms in total. The van der Waals surface area contributed by atoms with E-state index in [2.05, 4.69) is 21.4 Å². The Morgan fingerprint density at radius 1 is 1.45 bits per heavy atom. The Kier molecular flexibility index (Phi) is 6.16. The number of likely N-dealkylation sites (N-methyl/N-ethyl adjacent to an activating group) is 1. The number of anilines is 1. The SMILES string of the molecule is CCOC(=O)C(C(C)=O)N(C)Nc1cccc(Br)c1C. The number of carbonyl (C=O) groups is 2. The number of Topliss-reactive ketones (excluding diaryl/α,β-unsaturated/α-hetero) is 1. The Bertz CT molecular complexity index is 505. The van der Waals surface area contributed by atoms with Crippen molar-refractivity contribution in [3.8, 4) is 0 Å². The van der Waals surface area contributed by atoms with Crippen LogP contribution in [0.25, 0.3) is 0 Å². The first-order valence-electron chi connectivity index (χ1n) is 6.30. The molecular formula is C14H19BrN2O3. The second-order valence-corrected chi connectivity index (χ2v) is 5.25. The molecule has 0 saturated heterocycles. The van der Waals surface area contributed by atoms with Crippen LogP contribution in [0.4, 0.5) is 5.69 Å². The molecule has 1 rings (SSSR count). The van der Waals surface area contributed by atoms with Crippen molar-refractivity contribution in [3.05, 3.63) is 28.2 Å². The zero-order valence-electron chi connectivity index (χ0n) is 12.1. The summed E-state index contributed by atoms with van der Waals surface area (Å²) in [5.41, 5.74) is 4.86. The Morgan fingerprint density at radius 3 is 2.65 bits per heavy atom. The zero-order valence-corrected chi connectivity index (χ0v) is 13.7. The highest BCUT2D eigenvalue weighted by atomic mass is 79.9. The molecule has 1 aromatic rings. The molecule has 0 radical (unpaired) electrons. The summed E-state index contributed by atoms with van der Waals surface area (Å²) in [6, 6.07) is 4.71. The van der Waals surface area contributed by atoms with Crippen molar-refractivity contribution < 1.29 is 14.3 Å². The Balaban J connectivity index is 2.91. The number of hydrazine groups is 1. The molecule has 0 aliphatic heterocycles. The van der Waals surface area contributed by atoms with Gasteiger partial charge in [0, 0.05) is 11.5 Å². The van der Waals surface area contributed by atoms with Crippen LogP contribution in [0.1, 0.15) is 19.4 Å². The van der Waals surface area contributed by atoms with Gasteiger partial charge in [0.15, 0.2) is 11.8 Å². The largest absolute Gasteiger partial charge is 0.464 e. The standard InChI is InChI=1S/C14H19BrN2O3/c1-5-20-14(19)13(10(3)18)17(4)16-12-8-6-7-11(15)9(12)2/h6-8,13,16H,5H2,1-4H3. The number of hydrogen-bond donors (Lipinski definition) is 1. The number of rotatable bonds is 6. The second-order valence-electron chi connectivity index (χ2n) is 4.40. The fourth-order valence-electron chi connectivity index (χ4n) is 1.80. The minimum atomic E-state index is -0.965. The van der Waals surface area contributed by atoms with E-state index in [0.717, 1.165) is 15.7 Å². The van der Waals surface area contributed by atoms with Gasteiger partial charge in [0.25, 0.3) is 0 Å². The maximum Gasteiger partial charge on any atom is 0.332 e. The van der Waals surface area contributed by atoms with Gasteiger partial charge in [0.1, 0.15) is 0 Å². The minimum absolute atomic E-state index is 0.242. The van der Waals surface area contributed by atoms with Crippen molar-refractivity contribution in [2.75, 3.05) is 19.1 Å². The minimum Gasteiger partial charge on any atom is -0.464 e. The lowest BCUT2D eigenvalue weighted by molar-refractivity contribution is -0.151. The van der Waals surface area contributed by atoms with Crippen LogP contribution in [0, 0.1) is 6.92 Å². The summed E-state index contributed by atoms with van der Waals surface area (Å²) in [7, 11) is 1.64. The third kappa shape index (κ3) is 4.05. The highest BCUT2D eigenvalue weighted by Gasteiger charge is 2.29. The molecule has 1 atom stereocenters. The van der Waals surface area contributed by atoms with E-state index in [1.54, 1.807) is 14.0 Å². The smallest absolute Gasteiger partial charge is 0.332 e. The number of esters is 1. The number of hydrogen-bond acceptors (Lipinski definition) is 5. The molecule has 110 valence electrons. The molecule has 0 aromatic heterocycles. The van der Waals surface area contributed by atoms with E-state index in [1.165, 1.54) is 11.9 Å². The van der Waals surface area contributed by atoms with E-state index in [4.69, 9.17) is 4.74 Å². The van der Waals surface area contributed by atoms with Crippen molar-refractivity contribution in [1.82, 2.24) is 5.01 Å². The van der Waals surface area contributed by atoms with Gasteiger partial charge in [0.05, 0.1) is 12.3 Å². The Labute approximate surface area is 127 Å². The fourth-order valence-corrected chi connectivity index (χ4v) is 2.17. The maximum atomic E-state index is 11.8. The van der Waals surface area contributed by atoms with Gasteiger partial charge in [-0.2, -0.15) is 0 Å². The van der Waals surface area contributed by atoms with Crippen LogP contribution in [-0.2, 0) is 14.3 Å². The van der Waals surface area contributed by atoms with Gasteiger partial charge in [-0.15, -0.1) is 0 Å². The summed E-state index contributed by atoms with van der Waals surface area (Å²) in [4.78, 5) is 23.5. The van der Waals surface area contributed by atoms with Crippen molar-refractivity contribution in [3.63, 3.8) is 0 Å². The third-order valence-corrected chi connectivity index (χ3v) is 3.71. The molecular weight excluding hydrogens is 324 g/mol. The van der Waals surface area contributed by atoms with Crippen molar-refractivity contribution in [1.29, 1.82) is 0 Å². The number of carbonyl (C=O) groups excluding carboxylic acids is 2. The Morgan fingerprint density at radius 2 is 2.10 bits per heavy atom. The van der Waals surface area contributed by atoms with Gasteiger partial charge < -0.3 is 10.2 Å². The van der Waals surface area contributed by atoms with Crippen LogP contribution in [-0.4, -0.2) is 36.5 Å². The van der Waals surface area contributed by atoms with Gasteiger partial charge in [-0.3, -0.25) is 4.79 Å². The van der Waals surface area contributed by atoms with Crippen LogP contribution in [0.5, 0.6) is 0 Å². The van der Waals surface area contributed by atoms with Crippen molar-refractivity contribution in [2.45, 2.75) is 26.8 Å². The summed E-state index contributed by atoms with van der Waals surface area (Å²) in [6.07, 6.45) is 0. The van der Waals surface area contributed by atoms with Gasteiger partial charge in [-0.25, -0.2) is 9.80 Å². The topological polar surface area (TPSA) is 58.6 Å². The quantitative estimate of drug-likeness (QED) is 0.489. The Hall–Kier alpha value is -1.40. The summed E-state index contributed by atoms with van der Waals surface area (Å²) in [5.74, 6) is -0.825. The monoisotopic (exact) mass is 342 g/mol. The first kappa shape index (κ1) is 16.7. The van der Waals surface area contributed by atoms with Gasteiger partial charge in [0.2, 0.25) is 0 Å². The average Bonchev–Trinajstić information content (AvgIpc) is 2.35. The van der Waals surface area contributed by atoms with E-state index >= 15 is 0 Å². The third-order valence-electron chi connectivity index (χ3n) is 2.85. The fraction of sp³-hybridized carbons (Fsp3) is 0.429. The predicted octanol–water partition coefficient (Wildman–Crippen LogP) is 2.54. The van der Waals surface area contributed by atoms with E-state index in [9.17, 15) is 9.59 Å². The molecule has 0 aliphatic carbocycles. The lowest BCUT2D eigenvalue weighted by Crippen LogP contribution is -2.47. The normalized spacial score (nSPS) is 12.1. The first-order chi connectivity index (χ1) is 9.38. The molecule has 1 unspecified atom stereocenters. The highest BCUT2D eigenvalue weighted by molar-refractivity contribution is 9.10. The van der Waals surface area contributed by atoms with E-state index < -0.39 is 12.0 Å². The second kappa shape index (κ2) is 7.40. The maximum absolute atomic E-state index is 11.8. The van der Waals surface area contributed by atoms with Crippen molar-refractivity contribution in [2.24, 2.45) is 0 Å². The molecule has 0 fully saturated rings. The van der Waals surface area contributed by atoms with Crippen LogP contribution >= 0.6 is 15.9 Å². The van der Waals surface area contributed by atoms with Crippen LogP contribution in [0.15, 0.2) is 22.7 Å². The molecule has 1 N–H and O–H groups in total. The highest BCUT2D eigenvalue weighted by Crippen LogP contribution is 2.24. The predicted molar refractivity (Wildman–Crippen MR) is 81.4 cm³/mol. The van der Waals surface area contributed by atoms with Crippen LogP contribution < -0.4 is 5.43 Å². The summed E-state index contributed by atoms with van der Waals surface area (Å²) in [5, 5.41) is 1.47.